The summed E-state index contributed by atoms with van der Waals surface area (Å²) in [5.41, 5.74) is -1.84. The maximum absolute atomic E-state index is 12.4. The van der Waals surface area contributed by atoms with Crippen LogP contribution in [-0.4, -0.2) is 39.8 Å². The van der Waals surface area contributed by atoms with Crippen LogP contribution in [0.15, 0.2) is 0 Å². The van der Waals surface area contributed by atoms with Gasteiger partial charge < -0.3 is 9.84 Å². The topological polar surface area (TPSA) is 66.8 Å². The first-order valence-electron chi connectivity index (χ1n) is 7.78. The standard InChI is InChI=1S/C16H31NO4/c1-8-12(4)11-16(9-2,13(18)19)17(10-3)14(20)21-15(5,6)7/h12H,8-11H2,1-7H3,(H,18,19). The van der Waals surface area contributed by atoms with E-state index in [0.717, 1.165) is 6.42 Å². The maximum Gasteiger partial charge on any atom is 0.411 e. The summed E-state index contributed by atoms with van der Waals surface area (Å²) in [5.74, 6) is -0.740. The van der Waals surface area contributed by atoms with Gasteiger partial charge in [0.1, 0.15) is 11.1 Å². The summed E-state index contributed by atoms with van der Waals surface area (Å²) in [7, 11) is 0. The monoisotopic (exact) mass is 301 g/mol. The predicted octanol–water partition coefficient (Wildman–Crippen LogP) is 3.91. The lowest BCUT2D eigenvalue weighted by atomic mass is 9.83. The van der Waals surface area contributed by atoms with Crippen molar-refractivity contribution >= 4 is 12.1 Å². The van der Waals surface area contributed by atoms with Crippen LogP contribution in [0.1, 0.15) is 67.7 Å². The van der Waals surface area contributed by atoms with Crippen LogP contribution in [-0.2, 0) is 9.53 Å². The summed E-state index contributed by atoms with van der Waals surface area (Å²) in [6, 6.07) is 0. The number of hydrogen-bond acceptors (Lipinski definition) is 3. The third kappa shape index (κ3) is 5.21. The zero-order chi connectivity index (χ0) is 16.8. The molecular formula is C16H31NO4. The maximum atomic E-state index is 12.4. The Morgan fingerprint density at radius 3 is 2.00 bits per heavy atom. The molecule has 5 heteroatoms. The Morgan fingerprint density at radius 1 is 1.19 bits per heavy atom. The summed E-state index contributed by atoms with van der Waals surface area (Å²) < 4.78 is 5.39. The van der Waals surface area contributed by atoms with Crippen molar-refractivity contribution in [1.29, 1.82) is 0 Å². The number of nitrogens with zero attached hydrogens (tertiary/aromatic N) is 1. The molecule has 0 fully saturated rings. The van der Waals surface area contributed by atoms with E-state index in [4.69, 9.17) is 4.74 Å². The van der Waals surface area contributed by atoms with Crippen LogP contribution < -0.4 is 0 Å². The molecule has 0 aliphatic carbocycles. The van der Waals surface area contributed by atoms with Gasteiger partial charge in [0.2, 0.25) is 0 Å². The highest BCUT2D eigenvalue weighted by atomic mass is 16.6. The molecule has 1 N–H and O–H groups in total. The number of likely N-dealkylation sites (N-methyl/N-ethyl adjacent to an activating group) is 1. The summed E-state index contributed by atoms with van der Waals surface area (Å²) >= 11 is 0. The van der Waals surface area contributed by atoms with E-state index in [1.54, 1.807) is 27.7 Å². The van der Waals surface area contributed by atoms with Crippen molar-refractivity contribution in [2.45, 2.75) is 78.9 Å². The fourth-order valence-corrected chi connectivity index (χ4v) is 2.44. The molecule has 0 aliphatic heterocycles. The fourth-order valence-electron chi connectivity index (χ4n) is 2.44. The molecule has 2 unspecified atom stereocenters. The van der Waals surface area contributed by atoms with Gasteiger partial charge in [-0.3, -0.25) is 4.90 Å². The number of carbonyl (C=O) groups excluding carboxylic acids is 1. The highest BCUT2D eigenvalue weighted by Gasteiger charge is 2.46. The number of carbonyl (C=O) groups is 2. The summed E-state index contributed by atoms with van der Waals surface area (Å²) in [4.78, 5) is 25.7. The Bertz CT molecular complexity index is 362. The van der Waals surface area contributed by atoms with Crippen molar-refractivity contribution in [3.05, 3.63) is 0 Å². The molecule has 0 bridgehead atoms. The number of carboxylic acid groups (broad SMARTS) is 1. The molecule has 0 aromatic rings. The Hall–Kier alpha value is -1.26. The minimum absolute atomic E-state index is 0.220. The Kier molecular flexibility index (Phi) is 7.20. The van der Waals surface area contributed by atoms with E-state index in [1.165, 1.54) is 4.90 Å². The highest BCUT2D eigenvalue weighted by molar-refractivity contribution is 5.84. The molecular weight excluding hydrogens is 270 g/mol. The normalized spacial score (nSPS) is 16.0. The van der Waals surface area contributed by atoms with Gasteiger partial charge in [-0.15, -0.1) is 0 Å². The molecule has 1 amide bonds. The summed E-state index contributed by atoms with van der Waals surface area (Å²) in [6.07, 6.45) is 1.11. The number of hydrogen-bond donors (Lipinski definition) is 1. The lowest BCUT2D eigenvalue weighted by Crippen LogP contribution is -2.58. The van der Waals surface area contributed by atoms with Crippen LogP contribution >= 0.6 is 0 Å². The number of carboxylic acids is 1. The van der Waals surface area contributed by atoms with Crippen LogP contribution in [0, 0.1) is 5.92 Å². The van der Waals surface area contributed by atoms with Crippen molar-refractivity contribution in [3.63, 3.8) is 0 Å². The molecule has 0 heterocycles. The molecule has 0 saturated carbocycles. The minimum atomic E-state index is -1.20. The van der Waals surface area contributed by atoms with Gasteiger partial charge in [-0.05, 0) is 46.5 Å². The fraction of sp³-hybridized carbons (Fsp3) is 0.875. The van der Waals surface area contributed by atoms with Crippen LogP contribution in [0.5, 0.6) is 0 Å². The number of rotatable bonds is 7. The van der Waals surface area contributed by atoms with Gasteiger partial charge in [0.15, 0.2) is 0 Å². The molecule has 0 saturated heterocycles. The van der Waals surface area contributed by atoms with Gasteiger partial charge in [-0.25, -0.2) is 9.59 Å². The van der Waals surface area contributed by atoms with Crippen molar-refractivity contribution in [3.8, 4) is 0 Å². The smallest absolute Gasteiger partial charge is 0.411 e. The van der Waals surface area contributed by atoms with Gasteiger partial charge in [-0.2, -0.15) is 0 Å². The second-order valence-electron chi connectivity index (χ2n) is 6.63. The largest absolute Gasteiger partial charge is 0.479 e. The second kappa shape index (κ2) is 7.66. The van der Waals surface area contributed by atoms with Crippen LogP contribution in [0.2, 0.25) is 0 Å². The van der Waals surface area contributed by atoms with E-state index in [9.17, 15) is 14.7 Å². The molecule has 0 rings (SSSR count). The van der Waals surface area contributed by atoms with Crippen molar-refractivity contribution in [1.82, 2.24) is 4.90 Å². The lowest BCUT2D eigenvalue weighted by molar-refractivity contribution is -0.153. The molecule has 0 aromatic carbocycles. The average Bonchev–Trinajstić information content (AvgIpc) is 2.35. The molecule has 5 nitrogen and oxygen atoms in total. The second-order valence-corrected chi connectivity index (χ2v) is 6.63. The third-order valence-electron chi connectivity index (χ3n) is 3.81. The Morgan fingerprint density at radius 2 is 1.71 bits per heavy atom. The summed E-state index contributed by atoms with van der Waals surface area (Å²) in [5, 5.41) is 9.77. The van der Waals surface area contributed by atoms with Crippen molar-refractivity contribution in [2.75, 3.05) is 6.54 Å². The summed E-state index contributed by atoms with van der Waals surface area (Å²) in [6.45, 7) is 13.3. The van der Waals surface area contributed by atoms with Crippen molar-refractivity contribution in [2.24, 2.45) is 5.92 Å². The van der Waals surface area contributed by atoms with Gasteiger partial charge in [-0.1, -0.05) is 27.2 Å². The molecule has 0 radical (unpaired) electrons. The van der Waals surface area contributed by atoms with E-state index in [2.05, 4.69) is 0 Å². The minimum Gasteiger partial charge on any atom is -0.479 e. The molecule has 0 aliphatic rings. The number of amides is 1. The predicted molar refractivity (Wildman–Crippen MR) is 83.3 cm³/mol. The Labute approximate surface area is 128 Å². The third-order valence-corrected chi connectivity index (χ3v) is 3.81. The number of ether oxygens (including phenoxy) is 1. The molecule has 2 atom stereocenters. The van der Waals surface area contributed by atoms with E-state index in [-0.39, 0.29) is 5.92 Å². The molecule has 0 aromatic heterocycles. The van der Waals surface area contributed by atoms with E-state index in [0.29, 0.717) is 19.4 Å². The zero-order valence-electron chi connectivity index (χ0n) is 14.5. The first-order valence-corrected chi connectivity index (χ1v) is 7.78. The average molecular weight is 301 g/mol. The van der Waals surface area contributed by atoms with Gasteiger partial charge in [0.05, 0.1) is 0 Å². The van der Waals surface area contributed by atoms with E-state index >= 15 is 0 Å². The molecule has 124 valence electrons. The van der Waals surface area contributed by atoms with E-state index in [1.807, 2.05) is 20.8 Å². The quantitative estimate of drug-likeness (QED) is 0.774. The van der Waals surface area contributed by atoms with Crippen LogP contribution in [0.25, 0.3) is 0 Å². The van der Waals surface area contributed by atoms with Crippen molar-refractivity contribution < 1.29 is 19.4 Å². The molecule has 21 heavy (non-hydrogen) atoms. The first-order chi connectivity index (χ1) is 9.54. The van der Waals surface area contributed by atoms with Gasteiger partial charge in [0, 0.05) is 6.54 Å². The van der Waals surface area contributed by atoms with E-state index < -0.39 is 23.2 Å². The Balaban J connectivity index is 5.54. The van der Waals surface area contributed by atoms with Gasteiger partial charge >= 0.3 is 12.1 Å². The number of aliphatic carboxylic acids is 1. The van der Waals surface area contributed by atoms with Crippen LogP contribution in [0.4, 0.5) is 4.79 Å². The SMILES string of the molecule is CCC(C)CC(CC)(C(=O)O)N(CC)C(=O)OC(C)(C)C. The highest BCUT2D eigenvalue weighted by Crippen LogP contribution is 2.31. The lowest BCUT2D eigenvalue weighted by Gasteiger charge is -2.41. The zero-order valence-corrected chi connectivity index (χ0v) is 14.5. The van der Waals surface area contributed by atoms with Crippen LogP contribution in [0.3, 0.4) is 0 Å². The molecule has 0 spiro atoms. The first kappa shape index (κ1) is 19.7. The van der Waals surface area contributed by atoms with Gasteiger partial charge in [0.25, 0.3) is 0 Å².